The van der Waals surface area contributed by atoms with E-state index in [0.717, 1.165) is 72.0 Å². The Bertz CT molecular complexity index is 962. The van der Waals surface area contributed by atoms with Crippen LogP contribution in [0.15, 0.2) is 42.5 Å². The molecule has 8 heteroatoms. The Kier molecular flexibility index (Phi) is 10.2. The lowest BCUT2D eigenvalue weighted by molar-refractivity contribution is 0.758. The van der Waals surface area contributed by atoms with Crippen LogP contribution >= 0.6 is 36.8 Å². The molecule has 3 rings (SSSR count). The van der Waals surface area contributed by atoms with Gasteiger partial charge in [-0.15, -0.1) is 12.4 Å². The fourth-order valence-corrected chi connectivity index (χ4v) is 3.53. The molecule has 0 radical (unpaired) electrons. The molecule has 0 fully saturated rings. The first-order valence-corrected chi connectivity index (χ1v) is 11.3. The van der Waals surface area contributed by atoms with Crippen LogP contribution in [0, 0.1) is 0 Å². The van der Waals surface area contributed by atoms with Gasteiger partial charge in [0.2, 0.25) is 0 Å². The van der Waals surface area contributed by atoms with Gasteiger partial charge < -0.3 is 21.3 Å². The summed E-state index contributed by atoms with van der Waals surface area (Å²) in [6.45, 7) is 6.08. The third-order valence-electron chi connectivity index (χ3n) is 4.76. The molecule has 0 spiro atoms. The van der Waals surface area contributed by atoms with Crippen molar-refractivity contribution < 1.29 is 0 Å². The molecule has 0 saturated heterocycles. The molecule has 0 aliphatic rings. The molecule has 166 valence electrons. The van der Waals surface area contributed by atoms with E-state index in [-0.39, 0.29) is 12.4 Å². The lowest BCUT2D eigenvalue weighted by Crippen LogP contribution is -2.29. The minimum Gasteiger partial charge on any atom is -0.362 e. The van der Waals surface area contributed by atoms with Crippen molar-refractivity contribution in [3.8, 4) is 0 Å². The number of fused-ring (bicyclic) bond motifs is 2. The van der Waals surface area contributed by atoms with Gasteiger partial charge in [0.25, 0.3) is 0 Å². The van der Waals surface area contributed by atoms with Gasteiger partial charge in [-0.1, -0.05) is 38.8 Å². The quantitative estimate of drug-likeness (QED) is 0.181. The van der Waals surface area contributed by atoms with E-state index in [1.807, 2.05) is 24.3 Å². The summed E-state index contributed by atoms with van der Waals surface area (Å²) < 4.78 is 0. The predicted octanol–water partition coefficient (Wildman–Crippen LogP) is 5.98. The Hall–Kier alpha value is -2.22. The van der Waals surface area contributed by atoms with E-state index in [2.05, 4.69) is 53.3 Å². The standard InChI is InChI=1S/C23H29N5S2.ClH/c1-3-5-11-24-22(29)26-18-9-7-16-13-17-8-10-19(15-21(17)28-20(16)14-18)27-23(30)25-12-6-4-2;/h7-10,13-15H,3-6,11-12H2,1-2H3,(H2,24,26,29)(H2,25,27,30);1H. The summed E-state index contributed by atoms with van der Waals surface area (Å²) in [4.78, 5) is 4.86. The predicted molar refractivity (Wildman–Crippen MR) is 145 cm³/mol. The van der Waals surface area contributed by atoms with Gasteiger partial charge in [0, 0.05) is 35.2 Å². The molecule has 4 N–H and O–H groups in total. The van der Waals surface area contributed by atoms with Gasteiger partial charge in [0.1, 0.15) is 0 Å². The minimum atomic E-state index is 0. The summed E-state index contributed by atoms with van der Waals surface area (Å²) in [7, 11) is 0. The average molecular weight is 476 g/mol. The van der Waals surface area contributed by atoms with Gasteiger partial charge in [-0.2, -0.15) is 0 Å². The lowest BCUT2D eigenvalue weighted by atomic mass is 10.1. The Labute approximate surface area is 201 Å². The van der Waals surface area contributed by atoms with Crippen LogP contribution in [0.5, 0.6) is 0 Å². The molecule has 0 bridgehead atoms. The first-order valence-electron chi connectivity index (χ1n) is 10.5. The molecule has 0 atom stereocenters. The van der Waals surface area contributed by atoms with Gasteiger partial charge in [-0.05, 0) is 67.6 Å². The van der Waals surface area contributed by atoms with Crippen LogP contribution in [0.25, 0.3) is 21.8 Å². The smallest absolute Gasteiger partial charge is 0.170 e. The third kappa shape index (κ3) is 7.45. The summed E-state index contributed by atoms with van der Waals surface area (Å²) in [5.41, 5.74) is 3.70. The van der Waals surface area contributed by atoms with Crippen LogP contribution in [0.1, 0.15) is 39.5 Å². The number of anilines is 2. The number of nitrogens with one attached hydrogen (secondary N) is 4. The van der Waals surface area contributed by atoms with Crippen molar-refractivity contribution in [1.29, 1.82) is 0 Å². The van der Waals surface area contributed by atoms with Crippen LogP contribution in [0.2, 0.25) is 0 Å². The van der Waals surface area contributed by atoms with Gasteiger partial charge in [0.05, 0.1) is 11.0 Å². The summed E-state index contributed by atoms with van der Waals surface area (Å²) in [5, 5.41) is 16.4. The molecule has 0 aliphatic carbocycles. The number of unbranched alkanes of at least 4 members (excludes halogenated alkanes) is 2. The van der Waals surface area contributed by atoms with Gasteiger partial charge in [-0.3, -0.25) is 0 Å². The van der Waals surface area contributed by atoms with Gasteiger partial charge in [-0.25, -0.2) is 4.98 Å². The fraction of sp³-hybridized carbons (Fsp3) is 0.348. The van der Waals surface area contributed by atoms with E-state index in [4.69, 9.17) is 29.4 Å². The van der Waals surface area contributed by atoms with Crippen molar-refractivity contribution in [2.45, 2.75) is 39.5 Å². The second-order valence-electron chi connectivity index (χ2n) is 7.27. The van der Waals surface area contributed by atoms with Crippen LogP contribution in [-0.4, -0.2) is 28.3 Å². The summed E-state index contributed by atoms with van der Waals surface area (Å²) in [6.07, 6.45) is 4.47. The van der Waals surface area contributed by atoms with Crippen molar-refractivity contribution in [3.63, 3.8) is 0 Å². The minimum absolute atomic E-state index is 0. The van der Waals surface area contributed by atoms with E-state index in [1.54, 1.807) is 0 Å². The Balaban J connectivity index is 0.00000341. The number of nitrogens with zero attached hydrogens (tertiary/aromatic N) is 1. The molecule has 0 unspecified atom stereocenters. The van der Waals surface area contributed by atoms with E-state index in [1.165, 1.54) is 0 Å². The zero-order valence-electron chi connectivity index (χ0n) is 18.0. The summed E-state index contributed by atoms with van der Waals surface area (Å²) in [5.74, 6) is 0. The van der Waals surface area contributed by atoms with Crippen molar-refractivity contribution in [3.05, 3.63) is 42.5 Å². The number of pyridine rings is 1. The second kappa shape index (κ2) is 12.6. The van der Waals surface area contributed by atoms with Gasteiger partial charge in [0.15, 0.2) is 10.2 Å². The Morgan fingerprint density at radius 1 is 0.742 bits per heavy atom. The Morgan fingerprint density at radius 3 is 1.61 bits per heavy atom. The number of aromatic nitrogens is 1. The largest absolute Gasteiger partial charge is 0.362 e. The normalized spacial score (nSPS) is 10.4. The highest BCUT2D eigenvalue weighted by molar-refractivity contribution is 7.80. The second-order valence-corrected chi connectivity index (χ2v) is 8.09. The highest BCUT2D eigenvalue weighted by Gasteiger charge is 2.05. The maximum absolute atomic E-state index is 5.38. The first-order chi connectivity index (χ1) is 14.6. The molecule has 3 aromatic rings. The topological polar surface area (TPSA) is 61.0 Å². The maximum Gasteiger partial charge on any atom is 0.170 e. The van der Waals surface area contributed by atoms with Crippen LogP contribution in [-0.2, 0) is 0 Å². The van der Waals surface area contributed by atoms with E-state index < -0.39 is 0 Å². The van der Waals surface area contributed by atoms with E-state index >= 15 is 0 Å². The van der Waals surface area contributed by atoms with Gasteiger partial charge >= 0.3 is 0 Å². The van der Waals surface area contributed by atoms with Crippen LogP contribution in [0.4, 0.5) is 11.4 Å². The molecule has 0 aliphatic heterocycles. The van der Waals surface area contributed by atoms with Crippen molar-refractivity contribution in [2.24, 2.45) is 0 Å². The molecule has 5 nitrogen and oxygen atoms in total. The average Bonchev–Trinajstić information content (AvgIpc) is 2.72. The number of hydrogen-bond donors (Lipinski definition) is 4. The molecule has 0 saturated carbocycles. The number of benzene rings is 2. The zero-order valence-corrected chi connectivity index (χ0v) is 20.4. The van der Waals surface area contributed by atoms with Crippen molar-refractivity contribution >= 4 is 80.2 Å². The maximum atomic E-state index is 5.38. The van der Waals surface area contributed by atoms with Crippen molar-refractivity contribution in [1.82, 2.24) is 15.6 Å². The SMILES string of the molecule is CCCCNC(=S)Nc1ccc2cc3ccc(NC(=S)NCCCC)cc3nc2c1.Cl. The van der Waals surface area contributed by atoms with Crippen LogP contribution < -0.4 is 21.3 Å². The summed E-state index contributed by atoms with van der Waals surface area (Å²) in [6, 6.07) is 14.4. The highest BCUT2D eigenvalue weighted by Crippen LogP contribution is 2.24. The molecule has 1 heterocycles. The van der Waals surface area contributed by atoms with Crippen LogP contribution in [0.3, 0.4) is 0 Å². The zero-order chi connectivity index (χ0) is 21.3. The van der Waals surface area contributed by atoms with E-state index in [9.17, 15) is 0 Å². The molecular weight excluding hydrogens is 446 g/mol. The number of halogens is 1. The highest BCUT2D eigenvalue weighted by atomic mass is 35.5. The monoisotopic (exact) mass is 475 g/mol. The molecule has 0 amide bonds. The number of thiocarbonyl (C=S) groups is 2. The molecule has 1 aromatic heterocycles. The first kappa shape index (κ1) is 25.0. The summed E-state index contributed by atoms with van der Waals surface area (Å²) >= 11 is 10.8. The van der Waals surface area contributed by atoms with E-state index in [0.29, 0.717) is 10.2 Å². The number of rotatable bonds is 8. The molecule has 31 heavy (non-hydrogen) atoms. The van der Waals surface area contributed by atoms with Crippen molar-refractivity contribution in [2.75, 3.05) is 23.7 Å². The third-order valence-corrected chi connectivity index (χ3v) is 5.25. The Morgan fingerprint density at radius 2 is 1.19 bits per heavy atom. The lowest BCUT2D eigenvalue weighted by Gasteiger charge is -2.12. The fourth-order valence-electron chi connectivity index (χ4n) is 3.09. The number of hydrogen-bond acceptors (Lipinski definition) is 3. The molecular formula is C23H30ClN5S2. The molecule has 2 aromatic carbocycles.